The summed E-state index contributed by atoms with van der Waals surface area (Å²) in [6, 6.07) is 7.53. The molecule has 0 radical (unpaired) electrons. The Morgan fingerprint density at radius 1 is 1.56 bits per heavy atom. The SMILES string of the molecule is N#CC(=NNc1cccc(F)c1)c1nc(O)cs1. The number of nitrogens with zero attached hydrogens (tertiary/aromatic N) is 3. The molecule has 2 N–H and O–H groups in total. The zero-order chi connectivity index (χ0) is 13.0. The lowest BCUT2D eigenvalue weighted by Crippen LogP contribution is -2.01. The first kappa shape index (κ1) is 12.0. The lowest BCUT2D eigenvalue weighted by Gasteiger charge is -2.00. The molecule has 2 aromatic rings. The van der Waals surface area contributed by atoms with Gasteiger partial charge in [-0.2, -0.15) is 15.3 Å². The molecule has 7 heteroatoms. The van der Waals surface area contributed by atoms with E-state index in [0.717, 1.165) is 11.3 Å². The minimum Gasteiger partial charge on any atom is -0.493 e. The van der Waals surface area contributed by atoms with Gasteiger partial charge in [0.2, 0.25) is 5.88 Å². The van der Waals surface area contributed by atoms with Gasteiger partial charge in [0.25, 0.3) is 0 Å². The number of aromatic nitrogens is 1. The molecule has 0 bridgehead atoms. The summed E-state index contributed by atoms with van der Waals surface area (Å²) in [4.78, 5) is 3.72. The molecule has 0 aliphatic carbocycles. The number of hydrogen-bond donors (Lipinski definition) is 2. The van der Waals surface area contributed by atoms with Crippen LogP contribution in [0, 0.1) is 17.1 Å². The first-order valence-electron chi connectivity index (χ1n) is 4.83. The fraction of sp³-hybridized carbons (Fsp3) is 0. The first-order valence-corrected chi connectivity index (χ1v) is 5.71. The second kappa shape index (κ2) is 5.25. The number of aromatic hydroxyl groups is 1. The standard InChI is InChI=1S/C11H7FN4OS/c12-7-2-1-3-8(4-7)15-16-9(5-13)11-14-10(17)6-18-11/h1-4,6,15,17H. The lowest BCUT2D eigenvalue weighted by molar-refractivity contribution is 0.457. The Morgan fingerprint density at radius 3 is 3.00 bits per heavy atom. The quantitative estimate of drug-likeness (QED) is 0.657. The number of anilines is 1. The molecule has 1 aromatic carbocycles. The Kier molecular flexibility index (Phi) is 3.50. The van der Waals surface area contributed by atoms with Crippen LogP contribution in [0.4, 0.5) is 10.1 Å². The third-order valence-electron chi connectivity index (χ3n) is 1.92. The van der Waals surface area contributed by atoms with E-state index in [-0.39, 0.29) is 11.6 Å². The molecule has 0 unspecified atom stereocenters. The van der Waals surface area contributed by atoms with Gasteiger partial charge in [-0.1, -0.05) is 6.07 Å². The van der Waals surface area contributed by atoms with Crippen molar-refractivity contribution in [3.8, 4) is 11.9 Å². The van der Waals surface area contributed by atoms with Crippen LogP contribution in [0.15, 0.2) is 34.7 Å². The number of thiazole rings is 1. The van der Waals surface area contributed by atoms with E-state index in [2.05, 4.69) is 15.5 Å². The van der Waals surface area contributed by atoms with Crippen LogP contribution >= 0.6 is 11.3 Å². The summed E-state index contributed by atoms with van der Waals surface area (Å²) in [6.07, 6.45) is 0. The fourth-order valence-electron chi connectivity index (χ4n) is 1.17. The maximum atomic E-state index is 12.9. The predicted octanol–water partition coefficient (Wildman–Crippen LogP) is 2.33. The molecule has 0 aliphatic heterocycles. The van der Waals surface area contributed by atoms with Crippen molar-refractivity contribution >= 4 is 22.7 Å². The van der Waals surface area contributed by atoms with Crippen molar-refractivity contribution in [2.45, 2.75) is 0 Å². The average Bonchev–Trinajstić information content (AvgIpc) is 2.77. The van der Waals surface area contributed by atoms with Gasteiger partial charge in [-0.25, -0.2) is 4.39 Å². The molecule has 5 nitrogen and oxygen atoms in total. The van der Waals surface area contributed by atoms with Crippen LogP contribution in [-0.4, -0.2) is 15.8 Å². The number of nitrogens with one attached hydrogen (secondary N) is 1. The zero-order valence-electron chi connectivity index (χ0n) is 8.96. The number of nitriles is 1. The summed E-state index contributed by atoms with van der Waals surface area (Å²) >= 11 is 1.09. The lowest BCUT2D eigenvalue weighted by atomic mass is 10.3. The minimum atomic E-state index is -0.402. The Bertz CT molecular complexity index is 632. The molecule has 0 amide bonds. The molecule has 1 aromatic heterocycles. The van der Waals surface area contributed by atoms with Crippen LogP contribution in [-0.2, 0) is 0 Å². The predicted molar refractivity (Wildman–Crippen MR) is 66.0 cm³/mol. The molecule has 0 atom stereocenters. The van der Waals surface area contributed by atoms with Crippen LogP contribution in [0.3, 0.4) is 0 Å². The second-order valence-corrected chi connectivity index (χ2v) is 4.06. The van der Waals surface area contributed by atoms with Crippen molar-refractivity contribution in [2.75, 3.05) is 5.43 Å². The highest BCUT2D eigenvalue weighted by Crippen LogP contribution is 2.16. The van der Waals surface area contributed by atoms with E-state index >= 15 is 0 Å². The highest BCUT2D eigenvalue weighted by Gasteiger charge is 2.08. The number of hydrazone groups is 1. The fourth-order valence-corrected chi connectivity index (χ4v) is 1.79. The van der Waals surface area contributed by atoms with Crippen LogP contribution in [0.5, 0.6) is 5.88 Å². The van der Waals surface area contributed by atoms with E-state index < -0.39 is 5.82 Å². The first-order chi connectivity index (χ1) is 8.69. The van der Waals surface area contributed by atoms with Gasteiger partial charge in [0.1, 0.15) is 11.9 Å². The summed E-state index contributed by atoms with van der Waals surface area (Å²) in [6.45, 7) is 0. The van der Waals surface area contributed by atoms with Crippen molar-refractivity contribution in [3.05, 3.63) is 40.5 Å². The largest absolute Gasteiger partial charge is 0.493 e. The molecule has 0 spiro atoms. The third kappa shape index (κ3) is 2.81. The van der Waals surface area contributed by atoms with Gasteiger partial charge in [-0.3, -0.25) is 5.43 Å². The van der Waals surface area contributed by atoms with Gasteiger partial charge in [0.05, 0.1) is 11.1 Å². The number of benzene rings is 1. The Labute approximate surface area is 106 Å². The summed E-state index contributed by atoms with van der Waals surface area (Å²) < 4.78 is 12.9. The summed E-state index contributed by atoms with van der Waals surface area (Å²) in [5, 5.41) is 23.5. The van der Waals surface area contributed by atoms with Crippen molar-refractivity contribution in [3.63, 3.8) is 0 Å². The minimum absolute atomic E-state index is 0.0181. The van der Waals surface area contributed by atoms with Crippen molar-refractivity contribution in [2.24, 2.45) is 5.10 Å². The van der Waals surface area contributed by atoms with E-state index in [9.17, 15) is 4.39 Å². The van der Waals surface area contributed by atoms with Gasteiger partial charge < -0.3 is 5.11 Å². The van der Waals surface area contributed by atoms with Crippen molar-refractivity contribution < 1.29 is 9.50 Å². The van der Waals surface area contributed by atoms with Crippen molar-refractivity contribution in [1.82, 2.24) is 4.98 Å². The molecule has 90 valence electrons. The summed E-state index contributed by atoms with van der Waals surface area (Å²) in [5.41, 5.74) is 2.99. The Hall–Kier alpha value is -2.46. The van der Waals surface area contributed by atoms with Crippen LogP contribution in [0.1, 0.15) is 5.01 Å². The molecule has 0 saturated carbocycles. The maximum absolute atomic E-state index is 12.9. The van der Waals surface area contributed by atoms with Gasteiger partial charge in [0, 0.05) is 0 Å². The molecular weight excluding hydrogens is 255 g/mol. The Balaban J connectivity index is 2.19. The number of rotatable bonds is 3. The van der Waals surface area contributed by atoms with E-state index in [1.165, 1.54) is 23.6 Å². The third-order valence-corrected chi connectivity index (χ3v) is 2.76. The normalized spacial score (nSPS) is 11.0. The molecular formula is C11H7FN4OS. The highest BCUT2D eigenvalue weighted by atomic mass is 32.1. The summed E-state index contributed by atoms with van der Waals surface area (Å²) in [5.74, 6) is -0.565. The van der Waals surface area contributed by atoms with E-state index in [1.807, 2.05) is 6.07 Å². The van der Waals surface area contributed by atoms with E-state index in [1.54, 1.807) is 6.07 Å². The van der Waals surface area contributed by atoms with Crippen LogP contribution < -0.4 is 5.43 Å². The number of hydrogen-bond acceptors (Lipinski definition) is 6. The molecule has 0 saturated heterocycles. The topological polar surface area (TPSA) is 81.3 Å². The maximum Gasteiger partial charge on any atom is 0.222 e. The van der Waals surface area contributed by atoms with E-state index in [0.29, 0.717) is 10.7 Å². The molecule has 18 heavy (non-hydrogen) atoms. The Morgan fingerprint density at radius 2 is 2.39 bits per heavy atom. The van der Waals surface area contributed by atoms with Crippen LogP contribution in [0.2, 0.25) is 0 Å². The molecule has 1 heterocycles. The van der Waals surface area contributed by atoms with Crippen molar-refractivity contribution in [1.29, 1.82) is 5.26 Å². The molecule has 0 fully saturated rings. The highest BCUT2D eigenvalue weighted by molar-refractivity contribution is 7.12. The smallest absolute Gasteiger partial charge is 0.222 e. The van der Waals surface area contributed by atoms with E-state index in [4.69, 9.17) is 10.4 Å². The van der Waals surface area contributed by atoms with Gasteiger partial charge in [0.15, 0.2) is 10.7 Å². The summed E-state index contributed by atoms with van der Waals surface area (Å²) in [7, 11) is 0. The monoisotopic (exact) mass is 262 g/mol. The van der Waals surface area contributed by atoms with Crippen LogP contribution in [0.25, 0.3) is 0 Å². The molecule has 2 rings (SSSR count). The second-order valence-electron chi connectivity index (χ2n) is 3.21. The van der Waals surface area contributed by atoms with Gasteiger partial charge >= 0.3 is 0 Å². The molecule has 0 aliphatic rings. The zero-order valence-corrected chi connectivity index (χ0v) is 9.78. The average molecular weight is 262 g/mol. The van der Waals surface area contributed by atoms with Gasteiger partial charge in [-0.05, 0) is 18.2 Å². The number of halogens is 1. The van der Waals surface area contributed by atoms with Gasteiger partial charge in [-0.15, -0.1) is 11.3 Å².